The van der Waals surface area contributed by atoms with Crippen LogP contribution in [0.3, 0.4) is 0 Å². The first-order chi connectivity index (χ1) is 11.9. The predicted octanol–water partition coefficient (Wildman–Crippen LogP) is 0.0747. The summed E-state index contributed by atoms with van der Waals surface area (Å²) in [7, 11) is 3.55. The van der Waals surface area contributed by atoms with E-state index in [0.29, 0.717) is 32.8 Å². The Bertz CT molecular complexity index is 571. The molecule has 0 saturated carbocycles. The molecule has 1 aliphatic rings. The van der Waals surface area contributed by atoms with Gasteiger partial charge in [-0.3, -0.25) is 9.69 Å². The van der Waals surface area contributed by atoms with Crippen molar-refractivity contribution in [3.8, 4) is 0 Å². The Morgan fingerprint density at radius 2 is 2.36 bits per heavy atom. The van der Waals surface area contributed by atoms with Crippen LogP contribution in [0.1, 0.15) is 12.5 Å². The maximum Gasteiger partial charge on any atom is 0.234 e. The number of hydrogen-bond acceptors (Lipinski definition) is 7. The monoisotopic (exact) mass is 351 g/mol. The topological polar surface area (TPSA) is 79.8 Å². The highest BCUT2D eigenvalue weighted by molar-refractivity contribution is 5.78. The van der Waals surface area contributed by atoms with Gasteiger partial charge in [-0.1, -0.05) is 0 Å². The molecule has 8 nitrogen and oxygen atoms in total. The van der Waals surface area contributed by atoms with Gasteiger partial charge < -0.3 is 19.7 Å². The summed E-state index contributed by atoms with van der Waals surface area (Å²) in [6.45, 7) is 8.20. The number of hydrogen-bond donors (Lipinski definition) is 1. The van der Waals surface area contributed by atoms with Gasteiger partial charge in [0.25, 0.3) is 0 Å². The fourth-order valence-electron chi connectivity index (χ4n) is 2.85. The largest absolute Gasteiger partial charge is 0.383 e. The molecular weight excluding hydrogens is 322 g/mol. The summed E-state index contributed by atoms with van der Waals surface area (Å²) in [5, 5.41) is 2.98. The van der Waals surface area contributed by atoms with E-state index in [1.165, 1.54) is 0 Å². The van der Waals surface area contributed by atoms with Crippen LogP contribution in [0.2, 0.25) is 0 Å². The molecule has 0 aliphatic carbocycles. The lowest BCUT2D eigenvalue weighted by Crippen LogP contribution is -2.56. The summed E-state index contributed by atoms with van der Waals surface area (Å²) < 4.78 is 11.0. The second kappa shape index (κ2) is 9.07. The first kappa shape index (κ1) is 19.6. The van der Waals surface area contributed by atoms with Gasteiger partial charge in [-0.2, -0.15) is 0 Å². The number of amides is 1. The third kappa shape index (κ3) is 5.91. The number of nitrogens with one attached hydrogen (secondary N) is 1. The van der Waals surface area contributed by atoms with E-state index in [0.717, 1.165) is 24.5 Å². The second-order valence-electron chi connectivity index (χ2n) is 6.76. The molecule has 0 bridgehead atoms. The van der Waals surface area contributed by atoms with Crippen molar-refractivity contribution in [3.63, 3.8) is 0 Å². The Balaban J connectivity index is 1.86. The molecule has 1 unspecified atom stereocenters. The van der Waals surface area contributed by atoms with Crippen LogP contribution in [-0.2, 0) is 14.3 Å². The van der Waals surface area contributed by atoms with Gasteiger partial charge in [0.05, 0.1) is 19.8 Å². The highest BCUT2D eigenvalue weighted by atomic mass is 16.5. The lowest BCUT2D eigenvalue weighted by molar-refractivity contribution is -0.124. The fraction of sp³-hybridized carbons (Fsp3) is 0.706. The van der Waals surface area contributed by atoms with Crippen molar-refractivity contribution in [2.24, 2.45) is 0 Å². The van der Waals surface area contributed by atoms with Crippen molar-refractivity contribution < 1.29 is 14.3 Å². The number of aryl methyl sites for hydroxylation is 1. The first-order valence-corrected chi connectivity index (χ1v) is 8.53. The molecule has 25 heavy (non-hydrogen) atoms. The molecule has 1 amide bonds. The minimum atomic E-state index is -0.448. The summed E-state index contributed by atoms with van der Waals surface area (Å²) in [6.07, 6.45) is 3.37. The van der Waals surface area contributed by atoms with Crippen molar-refractivity contribution in [2.75, 3.05) is 65.0 Å². The molecule has 8 heteroatoms. The van der Waals surface area contributed by atoms with Crippen LogP contribution in [0.25, 0.3) is 0 Å². The van der Waals surface area contributed by atoms with Gasteiger partial charge in [0.2, 0.25) is 5.91 Å². The van der Waals surface area contributed by atoms with E-state index in [4.69, 9.17) is 9.47 Å². The number of rotatable bonds is 8. The van der Waals surface area contributed by atoms with Crippen molar-refractivity contribution in [2.45, 2.75) is 19.4 Å². The van der Waals surface area contributed by atoms with Crippen molar-refractivity contribution in [1.82, 2.24) is 20.2 Å². The molecule has 1 saturated heterocycles. The Morgan fingerprint density at radius 1 is 1.56 bits per heavy atom. The Kier molecular flexibility index (Phi) is 7.10. The molecule has 1 fully saturated rings. The molecule has 0 aromatic carbocycles. The van der Waals surface area contributed by atoms with Crippen LogP contribution in [-0.4, -0.2) is 86.5 Å². The first-order valence-electron chi connectivity index (χ1n) is 8.53. The normalized spacial score (nSPS) is 20.8. The molecule has 0 radical (unpaired) electrons. The maximum absolute atomic E-state index is 12.1. The molecule has 2 heterocycles. The van der Waals surface area contributed by atoms with Gasteiger partial charge in [0.15, 0.2) is 0 Å². The molecule has 1 N–H and O–H groups in total. The number of carbonyl (C=O) groups is 1. The number of morpholine rings is 1. The van der Waals surface area contributed by atoms with Crippen LogP contribution < -0.4 is 10.2 Å². The molecule has 0 spiro atoms. The SMILES string of the molecule is COCCN(C)CC(=O)NCC1(C)CN(c2ncncc2C)CCO1. The summed E-state index contributed by atoms with van der Waals surface area (Å²) in [6, 6.07) is 0. The average Bonchev–Trinajstić information content (AvgIpc) is 2.59. The van der Waals surface area contributed by atoms with E-state index < -0.39 is 5.60 Å². The van der Waals surface area contributed by atoms with E-state index in [-0.39, 0.29) is 5.91 Å². The third-order valence-corrected chi connectivity index (χ3v) is 4.25. The molecule has 1 aromatic rings. The lowest BCUT2D eigenvalue weighted by Gasteiger charge is -2.41. The summed E-state index contributed by atoms with van der Waals surface area (Å²) in [5.41, 5.74) is 0.590. The molecular formula is C17H29N5O3. The molecule has 1 aromatic heterocycles. The van der Waals surface area contributed by atoms with Gasteiger partial charge in [0, 0.05) is 45.0 Å². The lowest BCUT2D eigenvalue weighted by atomic mass is 10.0. The average molecular weight is 351 g/mol. The fourth-order valence-corrected chi connectivity index (χ4v) is 2.85. The predicted molar refractivity (Wildman–Crippen MR) is 95.7 cm³/mol. The van der Waals surface area contributed by atoms with Crippen LogP contribution in [0.5, 0.6) is 0 Å². The van der Waals surface area contributed by atoms with E-state index in [1.54, 1.807) is 13.4 Å². The van der Waals surface area contributed by atoms with Gasteiger partial charge in [-0.15, -0.1) is 0 Å². The smallest absolute Gasteiger partial charge is 0.234 e. The minimum Gasteiger partial charge on any atom is -0.383 e. The quantitative estimate of drug-likeness (QED) is 0.710. The molecule has 1 aliphatic heterocycles. The van der Waals surface area contributed by atoms with Crippen molar-refractivity contribution in [1.29, 1.82) is 0 Å². The van der Waals surface area contributed by atoms with Crippen LogP contribution in [0, 0.1) is 6.92 Å². The second-order valence-corrected chi connectivity index (χ2v) is 6.76. The number of likely N-dealkylation sites (N-methyl/N-ethyl adjacent to an activating group) is 1. The summed E-state index contributed by atoms with van der Waals surface area (Å²) in [4.78, 5) is 24.7. The van der Waals surface area contributed by atoms with Gasteiger partial charge in [0.1, 0.15) is 17.7 Å². The number of carbonyl (C=O) groups excluding carboxylic acids is 1. The van der Waals surface area contributed by atoms with E-state index >= 15 is 0 Å². The van der Waals surface area contributed by atoms with E-state index in [2.05, 4.69) is 20.2 Å². The zero-order valence-electron chi connectivity index (χ0n) is 15.6. The van der Waals surface area contributed by atoms with E-state index in [9.17, 15) is 4.79 Å². The highest BCUT2D eigenvalue weighted by Gasteiger charge is 2.33. The van der Waals surface area contributed by atoms with Gasteiger partial charge in [-0.05, 0) is 20.9 Å². The maximum atomic E-state index is 12.1. The minimum absolute atomic E-state index is 0.0150. The van der Waals surface area contributed by atoms with Crippen LogP contribution >= 0.6 is 0 Å². The number of anilines is 1. The zero-order valence-corrected chi connectivity index (χ0v) is 15.6. The van der Waals surface area contributed by atoms with Gasteiger partial charge >= 0.3 is 0 Å². The molecule has 1 atom stereocenters. The Hall–Kier alpha value is -1.77. The number of methoxy groups -OCH3 is 1. The van der Waals surface area contributed by atoms with Crippen LogP contribution in [0.4, 0.5) is 5.82 Å². The molecule has 2 rings (SSSR count). The number of nitrogens with zero attached hydrogens (tertiary/aromatic N) is 4. The Labute approximate surface area is 149 Å². The highest BCUT2D eigenvalue weighted by Crippen LogP contribution is 2.23. The summed E-state index contributed by atoms with van der Waals surface area (Å²) in [5.74, 6) is 0.911. The van der Waals surface area contributed by atoms with Crippen molar-refractivity contribution >= 4 is 11.7 Å². The molecule has 140 valence electrons. The van der Waals surface area contributed by atoms with Gasteiger partial charge in [-0.25, -0.2) is 9.97 Å². The third-order valence-electron chi connectivity index (χ3n) is 4.25. The summed E-state index contributed by atoms with van der Waals surface area (Å²) >= 11 is 0. The zero-order chi connectivity index (χ0) is 18.3. The Morgan fingerprint density at radius 3 is 3.08 bits per heavy atom. The van der Waals surface area contributed by atoms with Crippen LogP contribution in [0.15, 0.2) is 12.5 Å². The number of aromatic nitrogens is 2. The van der Waals surface area contributed by atoms with Crippen molar-refractivity contribution in [3.05, 3.63) is 18.1 Å². The standard InChI is InChI=1S/C17H29N5O3/c1-14-9-18-13-20-16(14)22-6-8-25-17(2,12-22)11-19-15(23)10-21(3)5-7-24-4/h9,13H,5-8,10-12H2,1-4H3,(H,19,23). The number of ether oxygens (including phenoxy) is 2. The van der Waals surface area contributed by atoms with E-state index in [1.807, 2.05) is 32.0 Å².